The van der Waals surface area contributed by atoms with Crippen molar-refractivity contribution < 1.29 is 33.1 Å². The highest BCUT2D eigenvalue weighted by atomic mass is 32.2. The van der Waals surface area contributed by atoms with Crippen LogP contribution >= 0.6 is 0 Å². The fourth-order valence-electron chi connectivity index (χ4n) is 4.89. The van der Waals surface area contributed by atoms with Crippen molar-refractivity contribution in [2.45, 2.75) is 56.3 Å². The smallest absolute Gasteiger partial charge is 0.416 e. The maximum Gasteiger partial charge on any atom is 0.416 e. The van der Waals surface area contributed by atoms with E-state index in [2.05, 4.69) is 15.5 Å². The summed E-state index contributed by atoms with van der Waals surface area (Å²) in [5.41, 5.74) is 1.41. The minimum absolute atomic E-state index is 0.0152. The number of cyclic esters (lactones) is 1. The van der Waals surface area contributed by atoms with Crippen molar-refractivity contribution >= 4 is 34.1 Å². The summed E-state index contributed by atoms with van der Waals surface area (Å²) in [5.74, 6) is -0.311. The minimum atomic E-state index is -4.04. The van der Waals surface area contributed by atoms with Crippen LogP contribution in [-0.2, 0) is 19.6 Å². The summed E-state index contributed by atoms with van der Waals surface area (Å²) in [6, 6.07) is 10.0. The van der Waals surface area contributed by atoms with Crippen molar-refractivity contribution in [2.75, 3.05) is 24.5 Å². The largest absolute Gasteiger partial charge is 0.434 e. The number of carbonyl (C=O) groups excluding carboxylic acids is 2. The van der Waals surface area contributed by atoms with Gasteiger partial charge in [-0.2, -0.15) is 4.31 Å². The molecule has 1 fully saturated rings. The Kier molecular flexibility index (Phi) is 10.7. The number of allylic oxidation sites excluding steroid dienone is 3. The van der Waals surface area contributed by atoms with Crippen molar-refractivity contribution in [3.8, 4) is 0 Å². The third kappa shape index (κ3) is 8.27. The number of rotatable bonds is 13. The molecule has 1 aliphatic carbocycles. The van der Waals surface area contributed by atoms with E-state index in [4.69, 9.17) is 9.94 Å². The van der Waals surface area contributed by atoms with Gasteiger partial charge in [0.1, 0.15) is 5.82 Å². The predicted octanol–water partition coefficient (Wildman–Crippen LogP) is 3.07. The van der Waals surface area contributed by atoms with Crippen LogP contribution in [0.1, 0.15) is 38.7 Å². The minimum Gasteiger partial charge on any atom is -0.434 e. The molecule has 2 aliphatic rings. The van der Waals surface area contributed by atoms with Gasteiger partial charge in [-0.1, -0.05) is 61.0 Å². The number of pyridine rings is 1. The summed E-state index contributed by atoms with van der Waals surface area (Å²) in [5, 5.41) is 26.0. The van der Waals surface area contributed by atoms with E-state index < -0.39 is 40.3 Å². The number of hydrogen-bond acceptors (Lipinski definition) is 9. The SMILES string of the molecule is CC(C)CN(C[C@@H](O)[C@H](CC1=CCCC=C1)NC(=O)[C@@H]1CN(c2ccccn2)C(=O)O1)S(=O)(=O)c1ccc(/C=N/O)cc1. The molecule has 2 aromatic rings. The van der Waals surface area contributed by atoms with Crippen molar-refractivity contribution in [1.29, 1.82) is 0 Å². The Morgan fingerprint density at radius 3 is 2.60 bits per heavy atom. The molecular weight excluding hydrogens is 574 g/mol. The Hall–Kier alpha value is -4.07. The highest BCUT2D eigenvalue weighted by Crippen LogP contribution is 2.23. The number of carbonyl (C=O) groups is 2. The number of benzene rings is 1. The van der Waals surface area contributed by atoms with Crippen LogP contribution < -0.4 is 10.2 Å². The standard InChI is InChI=1S/C30H37N5O7S/c1-21(2)18-34(43(40,41)24-13-11-23(12-14-24)17-32-39)19-26(36)25(16-22-8-4-3-5-9-22)33-29(37)27-20-35(30(38)42-27)28-10-6-7-15-31-28/h4,6-15,17,21,25-27,36,39H,3,5,16,18-20H2,1-2H3,(H,33,37)/b32-17+/t25-,26+,27-/m0/s1. The molecule has 0 radical (unpaired) electrons. The van der Waals surface area contributed by atoms with Crippen LogP contribution in [0.5, 0.6) is 0 Å². The van der Waals surface area contributed by atoms with Crippen LogP contribution in [0.4, 0.5) is 10.6 Å². The maximum absolute atomic E-state index is 13.7. The Balaban J connectivity index is 1.54. The first kappa shape index (κ1) is 31.9. The Labute approximate surface area is 251 Å². The first-order chi connectivity index (χ1) is 20.6. The third-order valence-electron chi connectivity index (χ3n) is 7.03. The van der Waals surface area contributed by atoms with Gasteiger partial charge in [0.25, 0.3) is 5.91 Å². The number of aliphatic hydroxyl groups is 1. The lowest BCUT2D eigenvalue weighted by atomic mass is 9.96. The van der Waals surface area contributed by atoms with Crippen LogP contribution in [0, 0.1) is 5.92 Å². The van der Waals surface area contributed by atoms with Crippen LogP contribution in [0.3, 0.4) is 0 Å². The van der Waals surface area contributed by atoms with Gasteiger partial charge in [0.15, 0.2) is 6.10 Å². The lowest BCUT2D eigenvalue weighted by Crippen LogP contribution is -2.52. The summed E-state index contributed by atoms with van der Waals surface area (Å²) in [7, 11) is -4.04. The summed E-state index contributed by atoms with van der Waals surface area (Å²) >= 11 is 0. The molecule has 230 valence electrons. The molecule has 12 nitrogen and oxygen atoms in total. The van der Waals surface area contributed by atoms with Crippen LogP contribution in [0.25, 0.3) is 0 Å². The normalized spacial score (nSPS) is 18.6. The van der Waals surface area contributed by atoms with Gasteiger partial charge in [0, 0.05) is 19.3 Å². The molecule has 3 atom stereocenters. The number of aromatic nitrogens is 1. The molecule has 43 heavy (non-hydrogen) atoms. The molecular formula is C30H37N5O7S. The van der Waals surface area contributed by atoms with Gasteiger partial charge in [-0.25, -0.2) is 18.2 Å². The molecule has 0 unspecified atom stereocenters. The fraction of sp³-hybridized carbons (Fsp3) is 0.400. The average Bonchev–Trinajstić information content (AvgIpc) is 3.39. The number of ether oxygens (including phenoxy) is 1. The first-order valence-electron chi connectivity index (χ1n) is 14.1. The predicted molar refractivity (Wildman–Crippen MR) is 160 cm³/mol. The summed E-state index contributed by atoms with van der Waals surface area (Å²) < 4.78 is 33.9. The average molecular weight is 612 g/mol. The van der Waals surface area contributed by atoms with Crippen molar-refractivity contribution in [2.24, 2.45) is 11.1 Å². The molecule has 0 saturated carbocycles. The number of nitrogens with one attached hydrogen (secondary N) is 1. The number of anilines is 1. The van der Waals surface area contributed by atoms with Gasteiger partial charge in [-0.05, 0) is 55.0 Å². The van der Waals surface area contributed by atoms with Gasteiger partial charge >= 0.3 is 6.09 Å². The molecule has 1 aromatic heterocycles. The molecule has 0 bridgehead atoms. The molecule has 0 spiro atoms. The lowest BCUT2D eigenvalue weighted by Gasteiger charge is -2.31. The number of sulfonamides is 1. The highest BCUT2D eigenvalue weighted by Gasteiger charge is 2.39. The monoisotopic (exact) mass is 611 g/mol. The Morgan fingerprint density at radius 2 is 1.98 bits per heavy atom. The quantitative estimate of drug-likeness (QED) is 0.177. The Bertz CT molecular complexity index is 1460. The summed E-state index contributed by atoms with van der Waals surface area (Å²) in [4.78, 5) is 31.3. The lowest BCUT2D eigenvalue weighted by molar-refractivity contribution is -0.129. The maximum atomic E-state index is 13.7. The van der Waals surface area contributed by atoms with E-state index in [0.717, 1.165) is 18.4 Å². The molecule has 2 amide bonds. The number of amides is 2. The zero-order valence-electron chi connectivity index (χ0n) is 24.1. The topological polar surface area (TPSA) is 162 Å². The second-order valence-electron chi connectivity index (χ2n) is 10.8. The molecule has 2 heterocycles. The summed E-state index contributed by atoms with van der Waals surface area (Å²) in [6.45, 7) is 3.52. The number of oxime groups is 1. The van der Waals surface area contributed by atoms with E-state index >= 15 is 0 Å². The third-order valence-corrected chi connectivity index (χ3v) is 8.88. The number of hydrogen-bond donors (Lipinski definition) is 3. The molecule has 1 aliphatic heterocycles. The molecule has 13 heteroatoms. The summed E-state index contributed by atoms with van der Waals surface area (Å²) in [6.07, 6.45) is 7.46. The van der Waals surface area contributed by atoms with Crippen molar-refractivity contribution in [3.63, 3.8) is 0 Å². The van der Waals surface area contributed by atoms with E-state index in [1.165, 1.54) is 45.9 Å². The van der Waals surface area contributed by atoms with Crippen molar-refractivity contribution in [3.05, 3.63) is 78.0 Å². The van der Waals surface area contributed by atoms with Gasteiger partial charge < -0.3 is 20.4 Å². The van der Waals surface area contributed by atoms with Crippen LogP contribution in [0.2, 0.25) is 0 Å². The van der Waals surface area contributed by atoms with Gasteiger partial charge in [-0.3, -0.25) is 9.69 Å². The second-order valence-corrected chi connectivity index (χ2v) is 12.8. The van der Waals surface area contributed by atoms with Gasteiger partial charge in [0.2, 0.25) is 10.0 Å². The van der Waals surface area contributed by atoms with Crippen LogP contribution in [0.15, 0.2) is 82.5 Å². The van der Waals surface area contributed by atoms with E-state index in [9.17, 15) is 23.1 Å². The molecule has 3 N–H and O–H groups in total. The van der Waals surface area contributed by atoms with Gasteiger partial charge in [0.05, 0.1) is 29.8 Å². The zero-order valence-corrected chi connectivity index (χ0v) is 24.9. The first-order valence-corrected chi connectivity index (χ1v) is 15.5. The van der Waals surface area contributed by atoms with Crippen LogP contribution in [-0.4, -0.2) is 84.1 Å². The zero-order chi connectivity index (χ0) is 31.0. The second kappa shape index (κ2) is 14.4. The van der Waals surface area contributed by atoms with E-state index in [0.29, 0.717) is 11.4 Å². The van der Waals surface area contributed by atoms with E-state index in [-0.39, 0.29) is 36.9 Å². The molecule has 1 saturated heterocycles. The number of aliphatic hydroxyl groups excluding tert-OH is 1. The van der Waals surface area contributed by atoms with E-state index in [1.54, 1.807) is 18.2 Å². The molecule has 1 aromatic carbocycles. The number of nitrogens with zero attached hydrogens (tertiary/aromatic N) is 4. The van der Waals surface area contributed by atoms with Crippen molar-refractivity contribution in [1.82, 2.24) is 14.6 Å². The fourth-order valence-corrected chi connectivity index (χ4v) is 6.51. The molecule has 4 rings (SSSR count). The van der Waals surface area contributed by atoms with Gasteiger partial charge in [-0.15, -0.1) is 0 Å². The highest BCUT2D eigenvalue weighted by molar-refractivity contribution is 7.89. The Morgan fingerprint density at radius 1 is 1.21 bits per heavy atom. The van der Waals surface area contributed by atoms with E-state index in [1.807, 2.05) is 32.1 Å².